The summed E-state index contributed by atoms with van der Waals surface area (Å²) in [6.07, 6.45) is -3.24. The number of pyridine rings is 1. The van der Waals surface area contributed by atoms with Gasteiger partial charge in [-0.05, 0) is 29.8 Å². The van der Waals surface area contributed by atoms with Gasteiger partial charge in [0.2, 0.25) is 11.5 Å². The summed E-state index contributed by atoms with van der Waals surface area (Å²) in [5.41, 5.74) is 7.07. The summed E-state index contributed by atoms with van der Waals surface area (Å²) < 4.78 is 44.1. The van der Waals surface area contributed by atoms with E-state index in [-0.39, 0.29) is 22.5 Å². The van der Waals surface area contributed by atoms with Gasteiger partial charge in [0, 0.05) is 4.47 Å². The van der Waals surface area contributed by atoms with Gasteiger partial charge in [-0.25, -0.2) is 10.4 Å². The van der Waals surface area contributed by atoms with E-state index in [0.717, 1.165) is 22.2 Å². The van der Waals surface area contributed by atoms with Crippen LogP contribution in [0.25, 0.3) is 11.1 Å². The number of anilines is 1. The number of amides is 1. The Morgan fingerprint density at radius 1 is 1.23 bits per heavy atom. The molecule has 0 aliphatic rings. The number of furan rings is 1. The lowest BCUT2D eigenvalue weighted by atomic mass is 10.2. The smallest absolute Gasteiger partial charge is 0.430 e. The first-order valence-corrected chi connectivity index (χ1v) is 7.90. The summed E-state index contributed by atoms with van der Waals surface area (Å²) in [5.74, 6) is -1.16. The van der Waals surface area contributed by atoms with E-state index in [1.807, 2.05) is 0 Å². The Kier molecular flexibility index (Phi) is 4.68. The highest BCUT2D eigenvalue weighted by atomic mass is 79.9. The molecule has 0 aliphatic carbocycles. The second-order valence-corrected chi connectivity index (χ2v) is 6.06. The maximum absolute atomic E-state index is 12.7. The van der Waals surface area contributed by atoms with Crippen LogP contribution in [0, 0.1) is 0 Å². The molecular formula is C16H10BrF3N4O2. The number of hydrazone groups is 1. The Morgan fingerprint density at radius 2 is 1.92 bits per heavy atom. The Labute approximate surface area is 153 Å². The van der Waals surface area contributed by atoms with Crippen molar-refractivity contribution in [2.75, 3.05) is 5.73 Å². The van der Waals surface area contributed by atoms with E-state index in [1.165, 1.54) is 6.21 Å². The highest BCUT2D eigenvalue weighted by molar-refractivity contribution is 9.10. The predicted molar refractivity (Wildman–Crippen MR) is 92.6 cm³/mol. The first kappa shape index (κ1) is 17.9. The van der Waals surface area contributed by atoms with E-state index < -0.39 is 17.8 Å². The number of nitrogens with zero attached hydrogens (tertiary/aromatic N) is 2. The van der Waals surface area contributed by atoms with Gasteiger partial charge in [0.1, 0.15) is 5.69 Å². The number of hydrogen-bond acceptors (Lipinski definition) is 5. The fraction of sp³-hybridized carbons (Fsp3) is 0.0625. The summed E-state index contributed by atoms with van der Waals surface area (Å²) in [4.78, 5) is 15.5. The molecule has 134 valence electrons. The number of halogens is 4. The first-order chi connectivity index (χ1) is 12.3. The highest BCUT2D eigenvalue weighted by Gasteiger charge is 2.33. The summed E-state index contributed by atoms with van der Waals surface area (Å²) >= 11 is 3.29. The molecule has 2 aromatic heterocycles. The molecule has 0 aliphatic heterocycles. The molecule has 0 spiro atoms. The number of carbonyl (C=O) groups is 1. The SMILES string of the molecule is Nc1c(C(=O)N/N=C/c2ccc(Br)cc2)oc2nc(C(F)(F)F)ccc12. The number of rotatable bonds is 3. The lowest BCUT2D eigenvalue weighted by molar-refractivity contribution is -0.141. The first-order valence-electron chi connectivity index (χ1n) is 7.11. The third-order valence-electron chi connectivity index (χ3n) is 3.34. The van der Waals surface area contributed by atoms with Crippen LogP contribution in [0.3, 0.4) is 0 Å². The zero-order valence-electron chi connectivity index (χ0n) is 12.8. The van der Waals surface area contributed by atoms with Gasteiger partial charge in [-0.2, -0.15) is 18.3 Å². The summed E-state index contributed by atoms with van der Waals surface area (Å²) in [6.45, 7) is 0. The second-order valence-electron chi connectivity index (χ2n) is 5.14. The third kappa shape index (κ3) is 3.69. The number of aromatic nitrogens is 1. The molecule has 0 saturated carbocycles. The van der Waals surface area contributed by atoms with Gasteiger partial charge in [0.15, 0.2) is 0 Å². The fourth-order valence-electron chi connectivity index (χ4n) is 2.09. The van der Waals surface area contributed by atoms with Crippen LogP contribution in [0.1, 0.15) is 21.8 Å². The average molecular weight is 427 g/mol. The largest absolute Gasteiger partial charge is 0.433 e. The molecule has 0 radical (unpaired) electrons. The van der Waals surface area contributed by atoms with E-state index >= 15 is 0 Å². The van der Waals surface area contributed by atoms with Crippen LogP contribution in [-0.4, -0.2) is 17.1 Å². The van der Waals surface area contributed by atoms with Crippen molar-refractivity contribution in [2.24, 2.45) is 5.10 Å². The number of nitrogens with one attached hydrogen (secondary N) is 1. The van der Waals surface area contributed by atoms with Crippen molar-refractivity contribution >= 4 is 44.8 Å². The van der Waals surface area contributed by atoms with Gasteiger partial charge < -0.3 is 10.2 Å². The predicted octanol–water partition coefficient (Wildman–Crippen LogP) is 3.96. The molecule has 3 rings (SSSR count). The van der Waals surface area contributed by atoms with Crippen LogP contribution < -0.4 is 11.2 Å². The van der Waals surface area contributed by atoms with Crippen LogP contribution in [0.4, 0.5) is 18.9 Å². The Hall–Kier alpha value is -2.88. The number of fused-ring (bicyclic) bond motifs is 1. The van der Waals surface area contributed by atoms with Crippen molar-refractivity contribution in [2.45, 2.75) is 6.18 Å². The minimum absolute atomic E-state index is 0.111. The molecule has 26 heavy (non-hydrogen) atoms. The van der Waals surface area contributed by atoms with Crippen LogP contribution in [-0.2, 0) is 6.18 Å². The molecular weight excluding hydrogens is 417 g/mol. The normalized spacial score (nSPS) is 12.0. The molecule has 0 unspecified atom stereocenters. The standard InChI is InChI=1S/C16H10BrF3N4O2/c17-9-3-1-8(2-4-9)7-22-24-14(25)13-12(21)10-5-6-11(16(18,19)20)23-15(10)26-13/h1-7H,21H2,(H,24,25)/b22-7+. The van der Waals surface area contributed by atoms with Crippen LogP contribution in [0.5, 0.6) is 0 Å². The number of benzene rings is 1. The molecule has 0 saturated heterocycles. The number of nitrogens with two attached hydrogens (primary N) is 1. The van der Waals surface area contributed by atoms with Crippen molar-refractivity contribution in [3.8, 4) is 0 Å². The molecule has 1 aromatic carbocycles. The lowest BCUT2D eigenvalue weighted by Crippen LogP contribution is -2.18. The molecule has 1 amide bonds. The van der Waals surface area contributed by atoms with Gasteiger partial charge in [-0.15, -0.1) is 0 Å². The molecule has 6 nitrogen and oxygen atoms in total. The Bertz CT molecular complexity index is 997. The maximum Gasteiger partial charge on any atom is 0.433 e. The zero-order valence-corrected chi connectivity index (χ0v) is 14.4. The molecule has 3 N–H and O–H groups in total. The Balaban J connectivity index is 1.81. The highest BCUT2D eigenvalue weighted by Crippen LogP contribution is 2.32. The van der Waals surface area contributed by atoms with Gasteiger partial charge in [0.25, 0.3) is 0 Å². The molecule has 0 fully saturated rings. The maximum atomic E-state index is 12.7. The van der Waals surface area contributed by atoms with Crippen LogP contribution >= 0.6 is 15.9 Å². The van der Waals surface area contributed by atoms with Gasteiger partial charge in [-0.1, -0.05) is 28.1 Å². The van der Waals surface area contributed by atoms with Gasteiger partial charge >= 0.3 is 12.1 Å². The third-order valence-corrected chi connectivity index (χ3v) is 3.87. The molecule has 10 heteroatoms. The number of alkyl halides is 3. The van der Waals surface area contributed by atoms with E-state index in [2.05, 4.69) is 31.4 Å². The second kappa shape index (κ2) is 6.79. The van der Waals surface area contributed by atoms with E-state index in [0.29, 0.717) is 0 Å². The van der Waals surface area contributed by atoms with Crippen molar-refractivity contribution in [3.63, 3.8) is 0 Å². The quantitative estimate of drug-likeness (QED) is 0.489. The Morgan fingerprint density at radius 3 is 2.58 bits per heavy atom. The summed E-state index contributed by atoms with van der Waals surface area (Å²) in [5, 5.41) is 3.87. The molecule has 0 bridgehead atoms. The molecule has 3 aromatic rings. The topological polar surface area (TPSA) is 93.5 Å². The molecule has 2 heterocycles. The number of hydrogen-bond donors (Lipinski definition) is 2. The summed E-state index contributed by atoms with van der Waals surface area (Å²) in [6, 6.07) is 8.98. The van der Waals surface area contributed by atoms with Gasteiger partial charge in [-0.3, -0.25) is 4.79 Å². The minimum atomic E-state index is -4.63. The van der Waals surface area contributed by atoms with Crippen molar-refractivity contribution < 1.29 is 22.4 Å². The minimum Gasteiger partial charge on any atom is -0.430 e. The van der Waals surface area contributed by atoms with Crippen molar-refractivity contribution in [3.05, 3.63) is 57.9 Å². The fourth-order valence-corrected chi connectivity index (χ4v) is 2.35. The van der Waals surface area contributed by atoms with Crippen molar-refractivity contribution in [1.29, 1.82) is 0 Å². The van der Waals surface area contributed by atoms with E-state index in [4.69, 9.17) is 10.2 Å². The number of nitrogen functional groups attached to an aromatic ring is 1. The van der Waals surface area contributed by atoms with Crippen LogP contribution in [0.15, 0.2) is 50.4 Å². The monoisotopic (exact) mass is 426 g/mol. The lowest BCUT2D eigenvalue weighted by Gasteiger charge is -2.03. The molecule has 0 atom stereocenters. The van der Waals surface area contributed by atoms with E-state index in [9.17, 15) is 18.0 Å². The van der Waals surface area contributed by atoms with E-state index in [1.54, 1.807) is 24.3 Å². The van der Waals surface area contributed by atoms with Crippen molar-refractivity contribution in [1.82, 2.24) is 10.4 Å². The summed E-state index contributed by atoms with van der Waals surface area (Å²) in [7, 11) is 0. The average Bonchev–Trinajstić information content (AvgIpc) is 2.92. The van der Waals surface area contributed by atoms with Crippen LogP contribution in [0.2, 0.25) is 0 Å². The zero-order chi connectivity index (χ0) is 18.9. The van der Waals surface area contributed by atoms with Gasteiger partial charge in [0.05, 0.1) is 17.3 Å². The number of carbonyl (C=O) groups excluding carboxylic acids is 1.